The molecule has 0 unspecified atom stereocenters. The molecule has 1 amide bonds. The first-order valence-electron chi connectivity index (χ1n) is 11.9. The maximum atomic E-state index is 13.9. The van der Waals surface area contributed by atoms with Crippen molar-refractivity contribution in [3.05, 3.63) is 28.3 Å². The summed E-state index contributed by atoms with van der Waals surface area (Å²) in [5, 5.41) is 4.10. The number of aryl methyl sites for hydroxylation is 2. The number of halogens is 1. The molecule has 1 N–H and O–H groups in total. The van der Waals surface area contributed by atoms with Crippen LogP contribution in [0.3, 0.4) is 0 Å². The Labute approximate surface area is 184 Å². The van der Waals surface area contributed by atoms with Gasteiger partial charge in [-0.1, -0.05) is 0 Å². The number of anilines is 1. The zero-order valence-electron chi connectivity index (χ0n) is 19.4. The number of carbonyl (C=O) groups excluding carboxylic acids is 1. The van der Waals surface area contributed by atoms with E-state index in [2.05, 4.69) is 39.9 Å². The number of nitrogens with one attached hydrogen (secondary N) is 1. The van der Waals surface area contributed by atoms with Gasteiger partial charge in [0, 0.05) is 0 Å². The van der Waals surface area contributed by atoms with Crippen LogP contribution < -0.4 is 5.32 Å². The molecule has 0 aromatic heterocycles. The zero-order chi connectivity index (χ0) is 21.5. The second kappa shape index (κ2) is 11.1. The van der Waals surface area contributed by atoms with E-state index in [4.69, 9.17) is 11.6 Å². The minimum atomic E-state index is -1.73. The molecule has 29 heavy (non-hydrogen) atoms. The van der Waals surface area contributed by atoms with Gasteiger partial charge in [0.1, 0.15) is 0 Å². The van der Waals surface area contributed by atoms with Crippen LogP contribution in [0, 0.1) is 13.8 Å². The van der Waals surface area contributed by atoms with E-state index in [0.29, 0.717) is 5.91 Å². The molecule has 1 aromatic rings. The van der Waals surface area contributed by atoms with E-state index in [9.17, 15) is 4.79 Å². The Morgan fingerprint density at radius 2 is 1.41 bits per heavy atom. The third-order valence-electron chi connectivity index (χ3n) is 7.42. The molecule has 1 saturated carbocycles. The number of amides is 1. The molecule has 1 aromatic carbocycles. The van der Waals surface area contributed by atoms with Crippen molar-refractivity contribution in [2.24, 2.45) is 0 Å². The van der Waals surface area contributed by atoms with Gasteiger partial charge in [-0.05, 0) is 0 Å². The van der Waals surface area contributed by atoms with Crippen LogP contribution in [0.15, 0.2) is 12.1 Å². The predicted octanol–water partition coefficient (Wildman–Crippen LogP) is 7.97. The van der Waals surface area contributed by atoms with Crippen molar-refractivity contribution in [3.63, 3.8) is 0 Å². The first-order chi connectivity index (χ1) is 13.9. The van der Waals surface area contributed by atoms with Crippen molar-refractivity contribution in [1.82, 2.24) is 0 Å². The summed E-state index contributed by atoms with van der Waals surface area (Å²) in [5.74, 6) is 0.326. The Morgan fingerprint density at radius 3 is 1.76 bits per heavy atom. The summed E-state index contributed by atoms with van der Waals surface area (Å²) < 4.78 is 0. The molecule has 1 aliphatic carbocycles. The average molecular weight is 440 g/mol. The monoisotopic (exact) mass is 439 g/mol. The standard InChI is InChI=1S/C25H43ClNOP/c1-6-9-15-29(16-10-7-2,17-11-8-3)25(13-12-14-25)24(28)27-23-20(4)18-22(26)19-21(23)5/h18-19,29H,6-17H2,1-5H3,(H,27,28). The van der Waals surface area contributed by atoms with Crippen LogP contribution in [0.1, 0.15) is 89.7 Å². The number of carbonyl (C=O) groups is 1. The van der Waals surface area contributed by atoms with Crippen LogP contribution in [0.5, 0.6) is 0 Å². The third kappa shape index (κ3) is 5.37. The first kappa shape index (κ1) is 24.7. The Kier molecular flexibility index (Phi) is 9.49. The quantitative estimate of drug-likeness (QED) is 0.328. The van der Waals surface area contributed by atoms with Gasteiger partial charge in [-0.15, -0.1) is 0 Å². The van der Waals surface area contributed by atoms with Crippen molar-refractivity contribution >= 4 is 30.5 Å². The number of unbranched alkanes of at least 4 members (excludes halogenated alkanes) is 3. The van der Waals surface area contributed by atoms with Crippen LogP contribution in [-0.2, 0) is 4.79 Å². The van der Waals surface area contributed by atoms with Crippen LogP contribution in [0.2, 0.25) is 5.02 Å². The van der Waals surface area contributed by atoms with Gasteiger partial charge >= 0.3 is 185 Å². The molecule has 0 bridgehead atoms. The third-order valence-corrected chi connectivity index (χ3v) is 14.3. The molecule has 2 rings (SSSR count). The Morgan fingerprint density at radius 1 is 0.966 bits per heavy atom. The number of hydrogen-bond donors (Lipinski definition) is 1. The molecule has 0 atom stereocenters. The van der Waals surface area contributed by atoms with Gasteiger partial charge in [0.15, 0.2) is 0 Å². The molecule has 0 spiro atoms. The van der Waals surface area contributed by atoms with Crippen molar-refractivity contribution in [2.45, 2.75) is 97.6 Å². The van der Waals surface area contributed by atoms with Crippen LogP contribution in [-0.4, -0.2) is 29.5 Å². The minimum absolute atomic E-state index is 0.0645. The van der Waals surface area contributed by atoms with Gasteiger partial charge in [-0.25, -0.2) is 0 Å². The zero-order valence-corrected chi connectivity index (χ0v) is 21.2. The number of hydrogen-bond acceptors (Lipinski definition) is 1. The van der Waals surface area contributed by atoms with Gasteiger partial charge in [0.2, 0.25) is 0 Å². The molecule has 0 saturated heterocycles. The summed E-state index contributed by atoms with van der Waals surface area (Å²) in [4.78, 5) is 13.9. The fourth-order valence-corrected chi connectivity index (χ4v) is 13.1. The predicted molar refractivity (Wildman–Crippen MR) is 134 cm³/mol. The summed E-state index contributed by atoms with van der Waals surface area (Å²) in [6.07, 6.45) is 15.0. The van der Waals surface area contributed by atoms with E-state index in [1.54, 1.807) is 0 Å². The van der Waals surface area contributed by atoms with E-state index in [1.165, 1.54) is 63.4 Å². The molecular weight excluding hydrogens is 397 g/mol. The summed E-state index contributed by atoms with van der Waals surface area (Å²) >= 11 is 6.23. The SMILES string of the molecule is CCCC[PH](CCCC)(CCCC)C1(C(=O)Nc2c(C)cc(Cl)cc2C)CCC1. The second-order valence-corrected chi connectivity index (χ2v) is 14.8. The maximum absolute atomic E-state index is 13.9. The summed E-state index contributed by atoms with van der Waals surface area (Å²) in [5.41, 5.74) is 3.12. The normalized spacial score (nSPS) is 16.3. The number of rotatable bonds is 12. The van der Waals surface area contributed by atoms with Gasteiger partial charge < -0.3 is 0 Å². The van der Waals surface area contributed by atoms with E-state index in [-0.39, 0.29) is 5.16 Å². The Hall–Kier alpha value is -0.590. The summed E-state index contributed by atoms with van der Waals surface area (Å²) in [6.45, 7) is 11.0. The van der Waals surface area contributed by atoms with E-state index in [1.807, 2.05) is 12.1 Å². The Balaban J connectivity index is 2.40. The average Bonchev–Trinajstić information content (AvgIpc) is 2.64. The van der Waals surface area contributed by atoms with Gasteiger partial charge in [0.05, 0.1) is 0 Å². The topological polar surface area (TPSA) is 29.1 Å². The molecule has 2 nitrogen and oxygen atoms in total. The molecule has 0 radical (unpaired) electrons. The fourth-order valence-electron chi connectivity index (χ4n) is 5.51. The van der Waals surface area contributed by atoms with Gasteiger partial charge in [-0.2, -0.15) is 0 Å². The van der Waals surface area contributed by atoms with Crippen molar-refractivity contribution in [2.75, 3.05) is 23.8 Å². The van der Waals surface area contributed by atoms with E-state index < -0.39 is 7.26 Å². The molecule has 0 heterocycles. The second-order valence-electron chi connectivity index (χ2n) is 9.40. The van der Waals surface area contributed by atoms with Gasteiger partial charge in [0.25, 0.3) is 0 Å². The van der Waals surface area contributed by atoms with Crippen LogP contribution in [0.25, 0.3) is 0 Å². The van der Waals surface area contributed by atoms with Crippen molar-refractivity contribution < 1.29 is 4.79 Å². The van der Waals surface area contributed by atoms with Gasteiger partial charge in [-0.3, -0.25) is 0 Å². The van der Waals surface area contributed by atoms with Crippen LogP contribution >= 0.6 is 18.9 Å². The molecule has 1 fully saturated rings. The van der Waals surface area contributed by atoms with Crippen molar-refractivity contribution in [3.8, 4) is 0 Å². The van der Waals surface area contributed by atoms with Crippen molar-refractivity contribution in [1.29, 1.82) is 0 Å². The Bertz CT molecular complexity index is 639. The van der Waals surface area contributed by atoms with E-state index >= 15 is 0 Å². The molecule has 4 heteroatoms. The summed E-state index contributed by atoms with van der Waals surface area (Å²) in [6, 6.07) is 3.93. The molecule has 0 aliphatic heterocycles. The molecule has 166 valence electrons. The number of benzene rings is 1. The van der Waals surface area contributed by atoms with E-state index in [0.717, 1.165) is 34.7 Å². The summed E-state index contributed by atoms with van der Waals surface area (Å²) in [7, 11) is -1.73. The first-order valence-corrected chi connectivity index (χ1v) is 14.9. The molecular formula is C25H43ClNOP. The fraction of sp³-hybridized carbons (Fsp3) is 0.720. The van der Waals surface area contributed by atoms with Crippen LogP contribution in [0.4, 0.5) is 5.69 Å². The molecule has 1 aliphatic rings.